The van der Waals surface area contributed by atoms with Gasteiger partial charge in [0.15, 0.2) is 0 Å². The van der Waals surface area contributed by atoms with Gasteiger partial charge in [0.25, 0.3) is 0 Å². The third-order valence-electron chi connectivity index (χ3n) is 1.95. The Morgan fingerprint density at radius 1 is 1.35 bits per heavy atom. The van der Waals surface area contributed by atoms with Gasteiger partial charge in [0.1, 0.15) is 0 Å². The number of thioether (sulfide) groups is 1. The van der Waals surface area contributed by atoms with E-state index in [2.05, 4.69) is 0 Å². The number of carbonyl (C=O) groups is 1. The van der Waals surface area contributed by atoms with Crippen LogP contribution in [0, 0.1) is 5.92 Å². The Hall–Kier alpha value is -0.320. The molecule has 5 heteroatoms. The van der Waals surface area contributed by atoms with Crippen molar-refractivity contribution in [1.82, 2.24) is 0 Å². The molecule has 2 nitrogen and oxygen atoms in total. The molecule has 0 saturated carbocycles. The molecule has 0 atom stereocenters. The van der Waals surface area contributed by atoms with Crippen LogP contribution >= 0.6 is 11.8 Å². The summed E-state index contributed by atoms with van der Waals surface area (Å²) in [6.07, 6.45) is 1.13. The molecule has 0 radical (unpaired) electrons. The first-order valence-electron chi connectivity index (χ1n) is 5.92. The number of hydrogen-bond acceptors (Lipinski definition) is 3. The number of alkyl halides is 2. The minimum absolute atomic E-state index is 0.0780. The lowest BCUT2D eigenvalue weighted by Gasteiger charge is -2.09. The van der Waals surface area contributed by atoms with Crippen molar-refractivity contribution >= 4 is 17.7 Å². The molecule has 0 aliphatic carbocycles. The lowest BCUT2D eigenvalue weighted by Crippen LogP contribution is -2.12. The highest BCUT2D eigenvalue weighted by Gasteiger charge is 2.19. The van der Waals surface area contributed by atoms with E-state index in [1.54, 1.807) is 0 Å². The fraction of sp³-hybridized carbons (Fsp3) is 0.917. The van der Waals surface area contributed by atoms with Crippen molar-refractivity contribution in [2.45, 2.75) is 46.0 Å². The summed E-state index contributed by atoms with van der Waals surface area (Å²) in [5.74, 6) is -1.40. The van der Waals surface area contributed by atoms with Crippen LogP contribution in [0.1, 0.15) is 40.0 Å². The highest BCUT2D eigenvalue weighted by Crippen LogP contribution is 2.20. The van der Waals surface area contributed by atoms with Gasteiger partial charge in [0.05, 0.1) is 12.4 Å². The Kier molecular flexibility index (Phi) is 8.56. The molecule has 0 aliphatic heterocycles. The van der Waals surface area contributed by atoms with Crippen LogP contribution in [0.25, 0.3) is 0 Å². The monoisotopic (exact) mass is 268 g/mol. The number of halogens is 2. The highest BCUT2D eigenvalue weighted by molar-refractivity contribution is 7.99. The Balaban J connectivity index is 3.31. The predicted molar refractivity (Wildman–Crippen MR) is 67.6 cm³/mol. The van der Waals surface area contributed by atoms with Gasteiger partial charge in [0, 0.05) is 6.42 Å². The van der Waals surface area contributed by atoms with Gasteiger partial charge in [-0.05, 0) is 31.4 Å². The lowest BCUT2D eigenvalue weighted by molar-refractivity contribution is -0.141. The summed E-state index contributed by atoms with van der Waals surface area (Å²) in [6, 6.07) is 0. The van der Waals surface area contributed by atoms with Crippen molar-refractivity contribution in [2.24, 2.45) is 5.92 Å². The van der Waals surface area contributed by atoms with E-state index in [4.69, 9.17) is 4.74 Å². The maximum Gasteiger partial charge on any atom is 0.315 e. The van der Waals surface area contributed by atoms with Crippen LogP contribution in [0.3, 0.4) is 0 Å². The van der Waals surface area contributed by atoms with Crippen LogP contribution in [-0.2, 0) is 9.53 Å². The molecule has 0 aromatic carbocycles. The maximum absolute atomic E-state index is 12.5. The van der Waals surface area contributed by atoms with Crippen molar-refractivity contribution in [3.63, 3.8) is 0 Å². The van der Waals surface area contributed by atoms with E-state index >= 15 is 0 Å². The molecule has 0 aromatic heterocycles. The third kappa shape index (κ3) is 13.6. The quantitative estimate of drug-likeness (QED) is 0.470. The third-order valence-corrected chi connectivity index (χ3v) is 2.97. The molecule has 0 fully saturated rings. The van der Waals surface area contributed by atoms with Crippen molar-refractivity contribution in [1.29, 1.82) is 0 Å². The standard InChI is InChI=1S/C12H22F2O2S/c1-10(2)8-16-11(15)9-17-7-5-4-6-12(3,13)14/h10H,4-9H2,1-3H3. The van der Waals surface area contributed by atoms with E-state index in [-0.39, 0.29) is 12.4 Å². The molecular weight excluding hydrogens is 246 g/mol. The first-order chi connectivity index (χ1) is 7.81. The zero-order valence-corrected chi connectivity index (χ0v) is 11.6. The fourth-order valence-corrected chi connectivity index (χ4v) is 1.90. The van der Waals surface area contributed by atoms with Gasteiger partial charge in [-0.15, -0.1) is 0 Å². The van der Waals surface area contributed by atoms with Crippen molar-refractivity contribution in [2.75, 3.05) is 18.1 Å². The van der Waals surface area contributed by atoms with Crippen LogP contribution in [0.2, 0.25) is 0 Å². The van der Waals surface area contributed by atoms with Crippen LogP contribution in [0.15, 0.2) is 0 Å². The van der Waals surface area contributed by atoms with Crippen molar-refractivity contribution in [3.05, 3.63) is 0 Å². The number of hydrogen-bond donors (Lipinski definition) is 0. The molecule has 0 aliphatic rings. The fourth-order valence-electron chi connectivity index (χ4n) is 1.10. The van der Waals surface area contributed by atoms with Gasteiger partial charge in [0.2, 0.25) is 5.92 Å². The molecule has 0 bridgehead atoms. The summed E-state index contributed by atoms with van der Waals surface area (Å²) in [6.45, 7) is 5.33. The second-order valence-corrected chi connectivity index (χ2v) is 5.76. The SMILES string of the molecule is CC(C)COC(=O)CSCCCCC(C)(F)F. The topological polar surface area (TPSA) is 26.3 Å². The van der Waals surface area contributed by atoms with Gasteiger partial charge in [-0.2, -0.15) is 11.8 Å². The average Bonchev–Trinajstić information content (AvgIpc) is 2.18. The van der Waals surface area contributed by atoms with Crippen molar-refractivity contribution < 1.29 is 18.3 Å². The lowest BCUT2D eigenvalue weighted by atomic mass is 10.2. The van der Waals surface area contributed by atoms with E-state index in [1.807, 2.05) is 13.8 Å². The minimum Gasteiger partial charge on any atom is -0.465 e. The maximum atomic E-state index is 12.5. The van der Waals surface area contributed by atoms with E-state index < -0.39 is 5.92 Å². The summed E-state index contributed by atoms with van der Waals surface area (Å²) in [5.41, 5.74) is 0. The van der Waals surface area contributed by atoms with Gasteiger partial charge >= 0.3 is 5.97 Å². The molecular formula is C12H22F2O2S. The van der Waals surface area contributed by atoms with E-state index in [0.29, 0.717) is 31.1 Å². The molecule has 0 rings (SSSR count). The number of rotatable bonds is 9. The molecule has 0 saturated heterocycles. The van der Waals surface area contributed by atoms with E-state index in [0.717, 1.165) is 12.7 Å². The van der Waals surface area contributed by atoms with Crippen LogP contribution < -0.4 is 0 Å². The number of esters is 1. The first-order valence-corrected chi connectivity index (χ1v) is 7.08. The van der Waals surface area contributed by atoms with E-state index in [1.165, 1.54) is 11.8 Å². The smallest absolute Gasteiger partial charge is 0.315 e. The van der Waals surface area contributed by atoms with Crippen LogP contribution in [0.4, 0.5) is 8.78 Å². The highest BCUT2D eigenvalue weighted by atomic mass is 32.2. The Bertz CT molecular complexity index is 215. The normalized spacial score (nSPS) is 11.9. The second-order valence-electron chi connectivity index (χ2n) is 4.66. The summed E-state index contributed by atoms with van der Waals surface area (Å²) >= 11 is 1.44. The second kappa shape index (κ2) is 8.72. The Morgan fingerprint density at radius 2 is 2.00 bits per heavy atom. The zero-order chi connectivity index (χ0) is 13.3. The molecule has 0 aromatic rings. The first kappa shape index (κ1) is 16.7. The largest absolute Gasteiger partial charge is 0.465 e. The molecule has 0 N–H and O–H groups in total. The van der Waals surface area contributed by atoms with Gasteiger partial charge in [-0.1, -0.05) is 13.8 Å². The summed E-state index contributed by atoms with van der Waals surface area (Å²) < 4.78 is 29.9. The number of carbonyl (C=O) groups excluding carboxylic acids is 1. The van der Waals surface area contributed by atoms with E-state index in [9.17, 15) is 13.6 Å². The molecule has 102 valence electrons. The molecule has 0 spiro atoms. The minimum atomic E-state index is -2.57. The summed E-state index contributed by atoms with van der Waals surface area (Å²) in [4.78, 5) is 11.2. The number of ether oxygens (including phenoxy) is 1. The van der Waals surface area contributed by atoms with Gasteiger partial charge < -0.3 is 4.74 Å². The Labute approximate surface area is 106 Å². The van der Waals surface area contributed by atoms with Crippen molar-refractivity contribution in [3.8, 4) is 0 Å². The average molecular weight is 268 g/mol. The molecule has 0 heterocycles. The van der Waals surface area contributed by atoms with Crippen LogP contribution in [0.5, 0.6) is 0 Å². The molecule has 17 heavy (non-hydrogen) atoms. The summed E-state index contributed by atoms with van der Waals surface area (Å²) in [5, 5.41) is 0. The number of unbranched alkanes of at least 4 members (excludes halogenated alkanes) is 1. The van der Waals surface area contributed by atoms with Gasteiger partial charge in [-0.25, -0.2) is 8.78 Å². The van der Waals surface area contributed by atoms with Gasteiger partial charge in [-0.3, -0.25) is 4.79 Å². The van der Waals surface area contributed by atoms with Crippen LogP contribution in [-0.4, -0.2) is 30.0 Å². The summed E-state index contributed by atoms with van der Waals surface area (Å²) in [7, 11) is 0. The zero-order valence-electron chi connectivity index (χ0n) is 10.8. The molecule has 0 unspecified atom stereocenters. The predicted octanol–water partition coefficient (Wildman–Crippen LogP) is 3.74. The Morgan fingerprint density at radius 3 is 2.53 bits per heavy atom. The molecule has 0 amide bonds.